The molecule has 0 aliphatic heterocycles. The monoisotopic (exact) mass is 296 g/mol. The maximum atomic E-state index is 5.55. The molecule has 0 saturated carbocycles. The van der Waals surface area contributed by atoms with E-state index in [0.717, 1.165) is 31.0 Å². The van der Waals surface area contributed by atoms with Crippen LogP contribution in [0.3, 0.4) is 0 Å². The summed E-state index contributed by atoms with van der Waals surface area (Å²) in [6.07, 6.45) is 1.14. The smallest absolute Gasteiger partial charge is 0.124 e. The summed E-state index contributed by atoms with van der Waals surface area (Å²) in [4.78, 5) is 3.54. The van der Waals surface area contributed by atoms with Crippen LogP contribution in [0.15, 0.2) is 23.1 Å². The van der Waals surface area contributed by atoms with Gasteiger partial charge in [0.2, 0.25) is 0 Å². The molecule has 0 amide bonds. The first kappa shape index (κ1) is 17.3. The van der Waals surface area contributed by atoms with Crippen LogP contribution in [0.25, 0.3) is 0 Å². The summed E-state index contributed by atoms with van der Waals surface area (Å²) < 4.78 is 5.55. The van der Waals surface area contributed by atoms with Crippen molar-refractivity contribution in [3.8, 4) is 5.75 Å². The molecule has 20 heavy (non-hydrogen) atoms. The van der Waals surface area contributed by atoms with Gasteiger partial charge in [-0.2, -0.15) is 0 Å². The van der Waals surface area contributed by atoms with E-state index in [4.69, 9.17) is 4.74 Å². The Morgan fingerprint density at radius 1 is 1.35 bits per heavy atom. The number of benzene rings is 1. The zero-order valence-electron chi connectivity index (χ0n) is 13.4. The molecule has 1 atom stereocenters. The number of nitrogens with zero attached hydrogens (tertiary/aromatic N) is 1. The molecule has 1 aromatic rings. The van der Waals surface area contributed by atoms with Gasteiger partial charge in [0.25, 0.3) is 0 Å². The predicted molar refractivity (Wildman–Crippen MR) is 89.0 cm³/mol. The van der Waals surface area contributed by atoms with Crippen LogP contribution in [0.1, 0.15) is 31.9 Å². The molecule has 0 aromatic heterocycles. The fraction of sp³-hybridized carbons (Fsp3) is 0.625. The van der Waals surface area contributed by atoms with E-state index in [1.807, 2.05) is 11.8 Å². The third-order valence-electron chi connectivity index (χ3n) is 3.18. The van der Waals surface area contributed by atoms with Crippen molar-refractivity contribution in [1.29, 1.82) is 0 Å². The van der Waals surface area contributed by atoms with E-state index in [0.29, 0.717) is 6.04 Å². The minimum Gasteiger partial charge on any atom is -0.496 e. The predicted octanol–water partition coefficient (Wildman–Crippen LogP) is 3.41. The lowest BCUT2D eigenvalue weighted by molar-refractivity contribution is 0.399. The lowest BCUT2D eigenvalue weighted by atomic mass is 10.1. The Hall–Kier alpha value is -0.710. The van der Waals surface area contributed by atoms with Crippen LogP contribution in [0.4, 0.5) is 0 Å². The summed E-state index contributed by atoms with van der Waals surface area (Å²) in [5, 5.41) is 3.56. The molecule has 1 N–H and O–H groups in total. The van der Waals surface area contributed by atoms with Gasteiger partial charge in [-0.1, -0.05) is 13.0 Å². The van der Waals surface area contributed by atoms with Crippen molar-refractivity contribution < 1.29 is 4.74 Å². The third-order valence-corrected chi connectivity index (χ3v) is 4.23. The Labute approximate surface area is 128 Å². The van der Waals surface area contributed by atoms with Gasteiger partial charge in [-0.3, -0.25) is 0 Å². The van der Waals surface area contributed by atoms with Gasteiger partial charge in [0.05, 0.1) is 7.11 Å². The van der Waals surface area contributed by atoms with E-state index in [2.05, 4.69) is 56.4 Å². The Bertz CT molecular complexity index is 396. The highest BCUT2D eigenvalue weighted by molar-refractivity contribution is 7.99. The molecule has 0 bridgehead atoms. The van der Waals surface area contributed by atoms with Gasteiger partial charge in [-0.15, -0.1) is 11.8 Å². The van der Waals surface area contributed by atoms with Gasteiger partial charge < -0.3 is 15.0 Å². The van der Waals surface area contributed by atoms with Crippen molar-refractivity contribution in [2.75, 3.05) is 40.0 Å². The van der Waals surface area contributed by atoms with Gasteiger partial charge in [0.15, 0.2) is 0 Å². The molecule has 1 unspecified atom stereocenters. The van der Waals surface area contributed by atoms with Gasteiger partial charge in [0, 0.05) is 28.8 Å². The first-order valence-electron chi connectivity index (χ1n) is 7.28. The van der Waals surface area contributed by atoms with Crippen LogP contribution in [-0.2, 0) is 0 Å². The number of thioether (sulfide) groups is 1. The van der Waals surface area contributed by atoms with Crippen LogP contribution < -0.4 is 10.1 Å². The van der Waals surface area contributed by atoms with Gasteiger partial charge in [-0.25, -0.2) is 0 Å². The number of nitrogens with one attached hydrogen (secondary N) is 1. The molecular formula is C16H28N2OS. The molecule has 3 nitrogen and oxygen atoms in total. The summed E-state index contributed by atoms with van der Waals surface area (Å²) in [5.74, 6) is 2.07. The largest absolute Gasteiger partial charge is 0.496 e. The minimum absolute atomic E-state index is 0.313. The normalized spacial score (nSPS) is 12.7. The Balaban J connectivity index is 2.86. The van der Waals surface area contributed by atoms with Gasteiger partial charge in [0.1, 0.15) is 5.75 Å². The van der Waals surface area contributed by atoms with E-state index in [-0.39, 0.29) is 0 Å². The van der Waals surface area contributed by atoms with E-state index < -0.39 is 0 Å². The second-order valence-corrected chi connectivity index (χ2v) is 6.34. The maximum Gasteiger partial charge on any atom is 0.124 e. The third kappa shape index (κ3) is 5.35. The summed E-state index contributed by atoms with van der Waals surface area (Å²) in [5.41, 5.74) is 1.28. The molecule has 0 aliphatic rings. The molecule has 0 radical (unpaired) electrons. The first-order valence-corrected chi connectivity index (χ1v) is 8.26. The lowest BCUT2D eigenvalue weighted by Crippen LogP contribution is -2.21. The second kappa shape index (κ2) is 9.27. The van der Waals surface area contributed by atoms with Crippen LogP contribution >= 0.6 is 11.8 Å². The van der Waals surface area contributed by atoms with Crippen molar-refractivity contribution >= 4 is 11.8 Å². The summed E-state index contributed by atoms with van der Waals surface area (Å²) in [6, 6.07) is 6.64. The van der Waals surface area contributed by atoms with Crippen LogP contribution in [0.5, 0.6) is 5.75 Å². The molecule has 0 fully saturated rings. The van der Waals surface area contributed by atoms with Gasteiger partial charge in [-0.05, 0) is 46.1 Å². The Morgan fingerprint density at radius 3 is 2.70 bits per heavy atom. The van der Waals surface area contributed by atoms with E-state index in [9.17, 15) is 0 Å². The fourth-order valence-electron chi connectivity index (χ4n) is 2.06. The molecular weight excluding hydrogens is 268 g/mol. The minimum atomic E-state index is 0.313. The van der Waals surface area contributed by atoms with Crippen molar-refractivity contribution in [1.82, 2.24) is 10.2 Å². The number of rotatable bonds is 9. The topological polar surface area (TPSA) is 24.5 Å². The van der Waals surface area contributed by atoms with Crippen molar-refractivity contribution in [3.63, 3.8) is 0 Å². The van der Waals surface area contributed by atoms with Crippen LogP contribution in [0, 0.1) is 0 Å². The zero-order valence-corrected chi connectivity index (χ0v) is 14.2. The second-order valence-electron chi connectivity index (χ2n) is 5.20. The van der Waals surface area contributed by atoms with E-state index in [1.165, 1.54) is 10.5 Å². The Kier molecular flexibility index (Phi) is 8.04. The average molecular weight is 296 g/mol. The van der Waals surface area contributed by atoms with E-state index in [1.54, 1.807) is 7.11 Å². The highest BCUT2D eigenvalue weighted by atomic mass is 32.2. The first-order chi connectivity index (χ1) is 9.60. The quantitative estimate of drug-likeness (QED) is 0.706. The number of hydrogen-bond donors (Lipinski definition) is 1. The summed E-state index contributed by atoms with van der Waals surface area (Å²) in [6.45, 7) is 6.51. The molecule has 0 saturated heterocycles. The molecule has 0 heterocycles. The molecule has 4 heteroatoms. The fourth-order valence-corrected chi connectivity index (χ4v) is 3.34. The number of hydrogen-bond acceptors (Lipinski definition) is 4. The van der Waals surface area contributed by atoms with Crippen molar-refractivity contribution in [2.45, 2.75) is 31.2 Å². The van der Waals surface area contributed by atoms with E-state index >= 15 is 0 Å². The van der Waals surface area contributed by atoms with Crippen LogP contribution in [-0.4, -0.2) is 44.9 Å². The zero-order chi connectivity index (χ0) is 15.0. The van der Waals surface area contributed by atoms with Crippen molar-refractivity contribution in [3.05, 3.63) is 23.8 Å². The summed E-state index contributed by atoms with van der Waals surface area (Å²) in [7, 11) is 5.97. The highest BCUT2D eigenvalue weighted by Gasteiger charge is 2.15. The lowest BCUT2D eigenvalue weighted by Gasteiger charge is -2.21. The standard InChI is InChI=1S/C16H28N2OS/c1-6-10-17-13(2)16-14(19-5)8-7-9-15(16)20-12-11-18(3)4/h7-9,13,17H,6,10-12H2,1-5H3. The van der Waals surface area contributed by atoms with Crippen LogP contribution in [0.2, 0.25) is 0 Å². The molecule has 0 aliphatic carbocycles. The maximum absolute atomic E-state index is 5.55. The molecule has 0 spiro atoms. The Morgan fingerprint density at radius 2 is 2.10 bits per heavy atom. The summed E-state index contributed by atoms with van der Waals surface area (Å²) >= 11 is 1.91. The average Bonchev–Trinajstić information content (AvgIpc) is 2.44. The molecule has 114 valence electrons. The number of methoxy groups -OCH3 is 1. The SMILES string of the molecule is CCCNC(C)c1c(OC)cccc1SCCN(C)C. The van der Waals surface area contributed by atoms with Crippen molar-refractivity contribution in [2.24, 2.45) is 0 Å². The molecule has 1 rings (SSSR count). The van der Waals surface area contributed by atoms with Gasteiger partial charge >= 0.3 is 0 Å². The number of ether oxygens (including phenoxy) is 1. The molecule has 1 aromatic carbocycles. The highest BCUT2D eigenvalue weighted by Crippen LogP contribution is 2.34.